The number of rotatable bonds is 2. The molecule has 1 aromatic rings. The molecule has 0 radical (unpaired) electrons. The number of hydrogen-bond acceptors (Lipinski definition) is 1. The van der Waals surface area contributed by atoms with Gasteiger partial charge in [0.1, 0.15) is 0 Å². The summed E-state index contributed by atoms with van der Waals surface area (Å²) >= 11 is 0. The molecule has 1 rings (SSSR count). The molecule has 0 saturated heterocycles. The lowest BCUT2D eigenvalue weighted by Gasteiger charge is -2.19. The van der Waals surface area contributed by atoms with Crippen LogP contribution in [0.4, 0.5) is 0 Å². The molecule has 1 atom stereocenters. The summed E-state index contributed by atoms with van der Waals surface area (Å²) < 4.78 is 0. The zero-order valence-corrected chi connectivity index (χ0v) is 9.08. The molecule has 0 heterocycles. The molecule has 2 nitrogen and oxygen atoms in total. The van der Waals surface area contributed by atoms with E-state index in [1.54, 1.807) is 0 Å². The highest BCUT2D eigenvalue weighted by Crippen LogP contribution is 2.22. The zero-order chi connectivity index (χ0) is 10.8. The van der Waals surface area contributed by atoms with Crippen molar-refractivity contribution in [2.75, 3.05) is 0 Å². The van der Waals surface area contributed by atoms with Gasteiger partial charge in [-0.05, 0) is 0 Å². The van der Waals surface area contributed by atoms with E-state index in [0.717, 1.165) is 5.56 Å². The molecule has 0 saturated carbocycles. The van der Waals surface area contributed by atoms with Crippen molar-refractivity contribution in [3.05, 3.63) is 35.9 Å². The predicted molar refractivity (Wildman–Crippen MR) is 56.5 cm³/mol. The van der Waals surface area contributed by atoms with Gasteiger partial charge in [0.05, 0.1) is 0 Å². The first-order valence-electron chi connectivity index (χ1n) is 4.85. The number of hydrogen-bond donors (Lipinski definition) is 1. The van der Waals surface area contributed by atoms with E-state index in [0.29, 0.717) is 0 Å². The van der Waals surface area contributed by atoms with Gasteiger partial charge in [-0.2, -0.15) is 0 Å². The number of quaternary nitrogens is 1. The first-order valence-corrected chi connectivity index (χ1v) is 4.85. The molecule has 0 spiro atoms. The van der Waals surface area contributed by atoms with E-state index in [1.807, 2.05) is 51.1 Å². The molecular weight excluding hydrogens is 174 g/mol. The Balaban J connectivity index is 2.87. The van der Waals surface area contributed by atoms with Crippen LogP contribution in [0.25, 0.3) is 0 Å². The van der Waals surface area contributed by atoms with Crippen molar-refractivity contribution < 1.29 is 10.5 Å². The Kier molecular flexibility index (Phi) is 3.06. The molecule has 2 heteroatoms. The molecular formula is C12H18NO+. The summed E-state index contributed by atoms with van der Waals surface area (Å²) in [5, 5.41) is 0. The molecule has 0 unspecified atom stereocenters. The second-order valence-electron chi connectivity index (χ2n) is 4.58. The summed E-state index contributed by atoms with van der Waals surface area (Å²) in [5.41, 5.74) is 4.60. The van der Waals surface area contributed by atoms with Crippen LogP contribution in [-0.2, 0) is 4.79 Å². The largest absolute Gasteiger partial charge is 0.345 e. The van der Waals surface area contributed by atoms with Gasteiger partial charge in [0.15, 0.2) is 11.8 Å². The van der Waals surface area contributed by atoms with Crippen molar-refractivity contribution >= 4 is 5.78 Å². The molecule has 0 bridgehead atoms. The number of Topliss-reactive ketones (excluding diaryl/α,β-unsaturated/α-hetero) is 1. The van der Waals surface area contributed by atoms with Crippen LogP contribution in [0.3, 0.4) is 0 Å². The number of ketones is 1. The Morgan fingerprint density at radius 3 is 2.14 bits per heavy atom. The van der Waals surface area contributed by atoms with Crippen LogP contribution >= 0.6 is 0 Å². The third-order valence-electron chi connectivity index (χ3n) is 2.26. The van der Waals surface area contributed by atoms with E-state index in [2.05, 4.69) is 5.73 Å². The van der Waals surface area contributed by atoms with Crippen molar-refractivity contribution in [1.82, 2.24) is 0 Å². The average Bonchev–Trinajstić information content (AvgIpc) is 2.15. The molecule has 0 amide bonds. The minimum atomic E-state index is -0.317. The SMILES string of the molecule is CC(C)(C)C(=O)[C@@H]([NH3+])c1ccccc1. The lowest BCUT2D eigenvalue weighted by molar-refractivity contribution is -0.410. The van der Waals surface area contributed by atoms with E-state index >= 15 is 0 Å². The lowest BCUT2D eigenvalue weighted by Crippen LogP contribution is -2.59. The summed E-state index contributed by atoms with van der Waals surface area (Å²) in [6.07, 6.45) is 0. The smallest absolute Gasteiger partial charge is 0.199 e. The lowest BCUT2D eigenvalue weighted by atomic mass is 9.84. The van der Waals surface area contributed by atoms with E-state index in [1.165, 1.54) is 0 Å². The first-order chi connectivity index (χ1) is 6.43. The van der Waals surface area contributed by atoms with Crippen LogP contribution in [0.1, 0.15) is 32.4 Å². The van der Waals surface area contributed by atoms with Crippen molar-refractivity contribution in [1.29, 1.82) is 0 Å². The number of carbonyl (C=O) groups excluding carboxylic acids is 1. The van der Waals surface area contributed by atoms with Gasteiger partial charge < -0.3 is 5.73 Å². The second-order valence-corrected chi connectivity index (χ2v) is 4.58. The third kappa shape index (κ3) is 2.42. The second kappa shape index (κ2) is 3.93. The first kappa shape index (κ1) is 10.9. The van der Waals surface area contributed by atoms with Crippen LogP contribution in [0.5, 0.6) is 0 Å². The molecule has 3 N–H and O–H groups in total. The van der Waals surface area contributed by atoms with Crippen LogP contribution in [0.2, 0.25) is 0 Å². The third-order valence-corrected chi connectivity index (χ3v) is 2.26. The average molecular weight is 192 g/mol. The molecule has 76 valence electrons. The topological polar surface area (TPSA) is 44.7 Å². The Morgan fingerprint density at radius 1 is 1.21 bits per heavy atom. The summed E-state index contributed by atoms with van der Waals surface area (Å²) in [7, 11) is 0. The summed E-state index contributed by atoms with van der Waals surface area (Å²) in [6, 6.07) is 9.45. The standard InChI is InChI=1S/C12H17NO/c1-12(2,3)11(14)10(13)9-7-5-4-6-8-9/h4-8,10H,13H2,1-3H3/p+1/t10-/m0/s1. The Labute approximate surface area is 85.1 Å². The van der Waals surface area contributed by atoms with Gasteiger partial charge in [-0.15, -0.1) is 0 Å². The van der Waals surface area contributed by atoms with Crippen molar-refractivity contribution in [3.8, 4) is 0 Å². The van der Waals surface area contributed by atoms with Crippen molar-refractivity contribution in [3.63, 3.8) is 0 Å². The van der Waals surface area contributed by atoms with Crippen LogP contribution in [-0.4, -0.2) is 5.78 Å². The monoisotopic (exact) mass is 192 g/mol. The van der Waals surface area contributed by atoms with Crippen LogP contribution in [0.15, 0.2) is 30.3 Å². The fourth-order valence-corrected chi connectivity index (χ4v) is 1.36. The highest BCUT2D eigenvalue weighted by atomic mass is 16.1. The van der Waals surface area contributed by atoms with E-state index in [-0.39, 0.29) is 17.2 Å². The molecule has 1 aromatic carbocycles. The number of benzene rings is 1. The van der Waals surface area contributed by atoms with Gasteiger partial charge in [-0.3, -0.25) is 4.79 Å². The highest BCUT2D eigenvalue weighted by molar-refractivity contribution is 5.88. The maximum Gasteiger partial charge on any atom is 0.199 e. The van der Waals surface area contributed by atoms with Crippen molar-refractivity contribution in [2.45, 2.75) is 26.8 Å². The van der Waals surface area contributed by atoms with Gasteiger partial charge in [0.2, 0.25) is 0 Å². The van der Waals surface area contributed by atoms with Gasteiger partial charge in [0.25, 0.3) is 0 Å². The molecule has 0 aliphatic carbocycles. The van der Waals surface area contributed by atoms with E-state index in [9.17, 15) is 4.79 Å². The summed E-state index contributed by atoms with van der Waals surface area (Å²) in [6.45, 7) is 5.78. The molecule has 0 aliphatic rings. The molecule has 0 aliphatic heterocycles. The highest BCUT2D eigenvalue weighted by Gasteiger charge is 2.30. The van der Waals surface area contributed by atoms with Crippen LogP contribution in [0, 0.1) is 5.41 Å². The predicted octanol–water partition coefficient (Wildman–Crippen LogP) is 1.58. The normalized spacial score (nSPS) is 13.7. The maximum atomic E-state index is 11.9. The molecule has 0 fully saturated rings. The van der Waals surface area contributed by atoms with Gasteiger partial charge in [-0.25, -0.2) is 0 Å². The zero-order valence-electron chi connectivity index (χ0n) is 9.08. The summed E-state index contributed by atoms with van der Waals surface area (Å²) in [4.78, 5) is 11.9. The van der Waals surface area contributed by atoms with Gasteiger partial charge in [0, 0.05) is 11.0 Å². The molecule has 0 aromatic heterocycles. The fraction of sp³-hybridized carbons (Fsp3) is 0.417. The Morgan fingerprint density at radius 2 is 1.71 bits per heavy atom. The number of carbonyl (C=O) groups is 1. The fourth-order valence-electron chi connectivity index (χ4n) is 1.36. The minimum absolute atomic E-state index is 0.184. The Hall–Kier alpha value is -1.15. The van der Waals surface area contributed by atoms with E-state index in [4.69, 9.17) is 0 Å². The van der Waals surface area contributed by atoms with E-state index < -0.39 is 0 Å². The van der Waals surface area contributed by atoms with Crippen molar-refractivity contribution in [2.24, 2.45) is 5.41 Å². The Bertz CT molecular complexity index is 311. The minimum Gasteiger partial charge on any atom is -0.345 e. The van der Waals surface area contributed by atoms with Gasteiger partial charge >= 0.3 is 0 Å². The van der Waals surface area contributed by atoms with Gasteiger partial charge in [-0.1, -0.05) is 51.1 Å². The molecule has 14 heavy (non-hydrogen) atoms. The summed E-state index contributed by atoms with van der Waals surface area (Å²) in [5.74, 6) is 0.184. The maximum absolute atomic E-state index is 11.9. The van der Waals surface area contributed by atoms with Crippen LogP contribution < -0.4 is 5.73 Å². The quantitative estimate of drug-likeness (QED) is 0.759.